The van der Waals surface area contributed by atoms with E-state index in [1.165, 1.54) is 22.3 Å². The summed E-state index contributed by atoms with van der Waals surface area (Å²) in [7, 11) is 3.50. The first-order chi connectivity index (χ1) is 13.8. The molecule has 7 heteroatoms. The largest absolute Gasteiger partial charge is 0.380 e. The van der Waals surface area contributed by atoms with E-state index in [-0.39, 0.29) is 24.0 Å². The van der Waals surface area contributed by atoms with Gasteiger partial charge in [0.2, 0.25) is 0 Å². The molecule has 3 aromatic rings. The zero-order valence-electron chi connectivity index (χ0n) is 16.8. The number of aromatic nitrogens is 2. The average Bonchev–Trinajstić information content (AvgIpc) is 3.23. The number of rotatable bonds is 8. The highest BCUT2D eigenvalue weighted by Gasteiger charge is 2.06. The van der Waals surface area contributed by atoms with Crippen molar-refractivity contribution in [2.24, 2.45) is 4.99 Å². The molecular formula is C22H28IN5O. The Balaban J connectivity index is 0.00000300. The molecule has 0 atom stereocenters. The second-order valence-electron chi connectivity index (χ2n) is 6.45. The molecule has 6 nitrogen and oxygen atoms in total. The lowest BCUT2D eigenvalue weighted by atomic mass is 10.1. The normalized spacial score (nSPS) is 11.0. The smallest absolute Gasteiger partial charge is 0.191 e. The summed E-state index contributed by atoms with van der Waals surface area (Å²) in [6, 6.07) is 18.6. The minimum absolute atomic E-state index is 0. The molecule has 1 heterocycles. The number of aliphatic imine (C=N–C) groups is 1. The second kappa shape index (κ2) is 12.2. The van der Waals surface area contributed by atoms with Gasteiger partial charge in [0.25, 0.3) is 0 Å². The Bertz CT molecular complexity index is 896. The van der Waals surface area contributed by atoms with Crippen molar-refractivity contribution in [3.05, 3.63) is 89.2 Å². The van der Waals surface area contributed by atoms with E-state index in [4.69, 9.17) is 4.74 Å². The molecule has 1 aromatic heterocycles. The van der Waals surface area contributed by atoms with Gasteiger partial charge in [0.1, 0.15) is 0 Å². The van der Waals surface area contributed by atoms with Gasteiger partial charge in [-0.05, 0) is 28.3 Å². The van der Waals surface area contributed by atoms with Gasteiger partial charge in [-0.25, -0.2) is 0 Å². The first-order valence-electron chi connectivity index (χ1n) is 9.34. The summed E-state index contributed by atoms with van der Waals surface area (Å²) in [6.07, 6.45) is 3.77. The molecule has 0 radical (unpaired) electrons. The molecule has 3 rings (SSSR count). The van der Waals surface area contributed by atoms with Crippen LogP contribution in [0, 0.1) is 0 Å². The molecule has 0 spiro atoms. The van der Waals surface area contributed by atoms with Gasteiger partial charge >= 0.3 is 0 Å². The molecule has 0 fully saturated rings. The van der Waals surface area contributed by atoms with Gasteiger partial charge in [-0.3, -0.25) is 9.67 Å². The molecule has 0 saturated carbocycles. The van der Waals surface area contributed by atoms with Crippen LogP contribution < -0.4 is 10.6 Å². The van der Waals surface area contributed by atoms with E-state index in [0.717, 1.165) is 12.5 Å². The minimum atomic E-state index is 0. The SMILES string of the molecule is CN=C(NCc1ccccc1COC)NCc1ccccc1Cn1cccn1.I. The Labute approximate surface area is 189 Å². The molecule has 0 bridgehead atoms. The predicted octanol–water partition coefficient (Wildman–Crippen LogP) is 3.56. The van der Waals surface area contributed by atoms with Crippen molar-refractivity contribution in [3.63, 3.8) is 0 Å². The maximum Gasteiger partial charge on any atom is 0.191 e. The Kier molecular flexibility index (Phi) is 9.66. The molecule has 0 amide bonds. The molecule has 0 saturated heterocycles. The van der Waals surface area contributed by atoms with Crippen molar-refractivity contribution in [2.45, 2.75) is 26.2 Å². The molecule has 154 valence electrons. The van der Waals surface area contributed by atoms with Crippen LogP contribution in [0.5, 0.6) is 0 Å². The van der Waals surface area contributed by atoms with Gasteiger partial charge in [-0.15, -0.1) is 24.0 Å². The lowest BCUT2D eigenvalue weighted by molar-refractivity contribution is 0.184. The topological polar surface area (TPSA) is 63.5 Å². The Hall–Kier alpha value is -2.39. The number of hydrogen-bond donors (Lipinski definition) is 2. The van der Waals surface area contributed by atoms with Crippen molar-refractivity contribution in [1.29, 1.82) is 0 Å². The summed E-state index contributed by atoms with van der Waals surface area (Å²) in [6.45, 7) is 2.73. The molecule has 0 aliphatic heterocycles. The van der Waals surface area contributed by atoms with Crippen LogP contribution in [0.15, 0.2) is 72.0 Å². The van der Waals surface area contributed by atoms with Crippen LogP contribution >= 0.6 is 24.0 Å². The summed E-state index contributed by atoms with van der Waals surface area (Å²) in [5.74, 6) is 0.765. The molecule has 2 N–H and O–H groups in total. The summed E-state index contributed by atoms with van der Waals surface area (Å²) in [5, 5.41) is 11.1. The zero-order valence-corrected chi connectivity index (χ0v) is 19.2. The highest BCUT2D eigenvalue weighted by molar-refractivity contribution is 14.0. The lowest BCUT2D eigenvalue weighted by Gasteiger charge is -2.15. The van der Waals surface area contributed by atoms with Crippen LogP contribution in [-0.4, -0.2) is 29.9 Å². The van der Waals surface area contributed by atoms with E-state index >= 15 is 0 Å². The van der Waals surface area contributed by atoms with Crippen molar-refractivity contribution >= 4 is 29.9 Å². The number of benzene rings is 2. The molecule has 0 aliphatic rings. The number of hydrogen-bond acceptors (Lipinski definition) is 3. The van der Waals surface area contributed by atoms with Crippen molar-refractivity contribution in [2.75, 3.05) is 14.2 Å². The summed E-state index contributed by atoms with van der Waals surface area (Å²) in [4.78, 5) is 4.34. The van der Waals surface area contributed by atoms with Crippen LogP contribution in [0.25, 0.3) is 0 Å². The number of ether oxygens (including phenoxy) is 1. The van der Waals surface area contributed by atoms with Crippen LogP contribution in [-0.2, 0) is 31.0 Å². The van der Waals surface area contributed by atoms with Crippen LogP contribution in [0.1, 0.15) is 22.3 Å². The molecular weight excluding hydrogens is 477 g/mol. The average molecular weight is 505 g/mol. The van der Waals surface area contributed by atoms with Crippen molar-refractivity contribution < 1.29 is 4.74 Å². The predicted molar refractivity (Wildman–Crippen MR) is 127 cm³/mol. The third-order valence-corrected chi connectivity index (χ3v) is 4.54. The summed E-state index contributed by atoms with van der Waals surface area (Å²) in [5.41, 5.74) is 4.84. The first-order valence-corrected chi connectivity index (χ1v) is 9.34. The van der Waals surface area contributed by atoms with Gasteiger partial charge in [-0.1, -0.05) is 48.5 Å². The van der Waals surface area contributed by atoms with Gasteiger partial charge in [0, 0.05) is 39.6 Å². The lowest BCUT2D eigenvalue weighted by Crippen LogP contribution is -2.36. The fourth-order valence-electron chi connectivity index (χ4n) is 3.06. The maximum atomic E-state index is 5.28. The molecule has 0 aliphatic carbocycles. The monoisotopic (exact) mass is 505 g/mol. The quantitative estimate of drug-likeness (QED) is 0.279. The van der Waals surface area contributed by atoms with Gasteiger partial charge in [0.15, 0.2) is 5.96 Å². The summed E-state index contributed by atoms with van der Waals surface area (Å²) < 4.78 is 7.21. The summed E-state index contributed by atoms with van der Waals surface area (Å²) >= 11 is 0. The van der Waals surface area contributed by atoms with Gasteiger partial charge in [0.05, 0.1) is 13.2 Å². The van der Waals surface area contributed by atoms with Gasteiger partial charge in [-0.2, -0.15) is 5.10 Å². The molecule has 0 unspecified atom stereocenters. The first kappa shape index (κ1) is 22.9. The van der Waals surface area contributed by atoms with Crippen LogP contribution in [0.2, 0.25) is 0 Å². The minimum Gasteiger partial charge on any atom is -0.380 e. The van der Waals surface area contributed by atoms with Crippen LogP contribution in [0.4, 0.5) is 0 Å². The Morgan fingerprint density at radius 3 is 2.07 bits per heavy atom. The standard InChI is InChI=1S/C22H27N5O.HI/c1-23-22(25-15-19-9-4-6-11-21(19)17-28-2)24-14-18-8-3-5-10-20(18)16-27-13-7-12-26-27;/h3-13H,14-17H2,1-2H3,(H2,23,24,25);1H. The maximum absolute atomic E-state index is 5.28. The molecule has 2 aromatic carbocycles. The van der Waals surface area contributed by atoms with E-state index in [9.17, 15) is 0 Å². The van der Waals surface area contributed by atoms with E-state index in [2.05, 4.69) is 57.1 Å². The van der Waals surface area contributed by atoms with E-state index in [1.54, 1.807) is 20.4 Å². The number of nitrogens with zero attached hydrogens (tertiary/aromatic N) is 3. The highest BCUT2D eigenvalue weighted by atomic mass is 127. The Morgan fingerprint density at radius 1 is 0.931 bits per heavy atom. The zero-order chi connectivity index (χ0) is 19.6. The molecule has 29 heavy (non-hydrogen) atoms. The highest BCUT2D eigenvalue weighted by Crippen LogP contribution is 2.11. The van der Waals surface area contributed by atoms with Crippen LogP contribution in [0.3, 0.4) is 0 Å². The third-order valence-electron chi connectivity index (χ3n) is 4.54. The number of guanidine groups is 1. The van der Waals surface area contributed by atoms with Crippen molar-refractivity contribution in [1.82, 2.24) is 20.4 Å². The van der Waals surface area contributed by atoms with E-state index in [1.807, 2.05) is 29.1 Å². The number of nitrogens with one attached hydrogen (secondary N) is 2. The fraction of sp³-hybridized carbons (Fsp3) is 0.273. The second-order valence-corrected chi connectivity index (χ2v) is 6.45. The Morgan fingerprint density at radius 2 is 1.52 bits per heavy atom. The number of methoxy groups -OCH3 is 1. The van der Waals surface area contributed by atoms with Gasteiger partial charge < -0.3 is 15.4 Å². The third kappa shape index (κ3) is 6.86. The van der Waals surface area contributed by atoms with Crippen molar-refractivity contribution in [3.8, 4) is 0 Å². The fourth-order valence-corrected chi connectivity index (χ4v) is 3.06. The van der Waals surface area contributed by atoms with E-state index < -0.39 is 0 Å². The number of halogens is 1. The van der Waals surface area contributed by atoms with E-state index in [0.29, 0.717) is 19.7 Å².